The van der Waals surface area contributed by atoms with Crippen LogP contribution in [0.4, 0.5) is 11.4 Å². The molecule has 0 aliphatic rings. The lowest BCUT2D eigenvalue weighted by Gasteiger charge is -2.16. The molecule has 0 fully saturated rings. The van der Waals surface area contributed by atoms with Crippen molar-refractivity contribution >= 4 is 21.2 Å². The molecule has 0 aromatic heterocycles. The highest BCUT2D eigenvalue weighted by atomic mass is 32.2. The van der Waals surface area contributed by atoms with E-state index in [1.165, 1.54) is 18.2 Å². The van der Waals surface area contributed by atoms with Crippen LogP contribution in [0.3, 0.4) is 0 Å². The standard InChI is InChI=1S/C15H16N2O4S/c1-11(12-6-4-3-5-7-12)16-13-8-9-14(17(18)19)15(10-13)22(2,20)21/h3-11,16H,1-2H3/t11-/m1/s1. The van der Waals surface area contributed by atoms with E-state index >= 15 is 0 Å². The molecular formula is C15H16N2O4S. The van der Waals surface area contributed by atoms with Gasteiger partial charge in [-0.1, -0.05) is 30.3 Å². The summed E-state index contributed by atoms with van der Waals surface area (Å²) < 4.78 is 23.5. The Hall–Kier alpha value is -2.41. The van der Waals surface area contributed by atoms with E-state index in [4.69, 9.17) is 0 Å². The Kier molecular flexibility index (Phi) is 4.46. The van der Waals surface area contributed by atoms with Crippen molar-refractivity contribution < 1.29 is 13.3 Å². The molecule has 1 atom stereocenters. The second kappa shape index (κ2) is 6.15. The van der Waals surface area contributed by atoms with Crippen LogP contribution < -0.4 is 5.32 Å². The first kappa shape index (κ1) is 16.0. The molecule has 0 amide bonds. The number of benzene rings is 2. The lowest BCUT2D eigenvalue weighted by Crippen LogP contribution is -2.08. The molecule has 0 spiro atoms. The highest BCUT2D eigenvalue weighted by Gasteiger charge is 2.22. The van der Waals surface area contributed by atoms with Gasteiger partial charge in [0.2, 0.25) is 0 Å². The van der Waals surface area contributed by atoms with Gasteiger partial charge in [0.1, 0.15) is 4.90 Å². The average Bonchev–Trinajstić information content (AvgIpc) is 2.47. The summed E-state index contributed by atoms with van der Waals surface area (Å²) in [6.45, 7) is 1.93. The minimum absolute atomic E-state index is 0.0601. The normalized spacial score (nSPS) is 12.6. The summed E-state index contributed by atoms with van der Waals surface area (Å²) >= 11 is 0. The Morgan fingerprint density at radius 2 is 1.77 bits per heavy atom. The largest absolute Gasteiger partial charge is 0.378 e. The molecule has 7 heteroatoms. The molecule has 0 radical (unpaired) electrons. The Morgan fingerprint density at radius 1 is 1.14 bits per heavy atom. The zero-order chi connectivity index (χ0) is 16.3. The van der Waals surface area contributed by atoms with Gasteiger partial charge in [-0.3, -0.25) is 10.1 Å². The fourth-order valence-corrected chi connectivity index (χ4v) is 2.99. The number of rotatable bonds is 5. The van der Waals surface area contributed by atoms with Gasteiger partial charge in [0, 0.05) is 24.1 Å². The second-order valence-electron chi connectivity index (χ2n) is 4.99. The number of anilines is 1. The SMILES string of the molecule is C[C@@H](Nc1ccc([N+](=O)[O-])c(S(C)(=O)=O)c1)c1ccccc1. The van der Waals surface area contributed by atoms with Crippen LogP contribution in [0.15, 0.2) is 53.4 Å². The zero-order valence-corrected chi connectivity index (χ0v) is 13.0. The summed E-state index contributed by atoms with van der Waals surface area (Å²) in [5, 5.41) is 14.1. The monoisotopic (exact) mass is 320 g/mol. The molecule has 0 saturated carbocycles. The summed E-state index contributed by atoms with van der Waals surface area (Å²) in [6.07, 6.45) is 0.958. The van der Waals surface area contributed by atoms with Crippen LogP contribution in [0.5, 0.6) is 0 Å². The Morgan fingerprint density at radius 3 is 2.32 bits per heavy atom. The number of nitro benzene ring substituents is 1. The van der Waals surface area contributed by atoms with Crippen molar-refractivity contribution in [2.75, 3.05) is 11.6 Å². The molecule has 0 unspecified atom stereocenters. The summed E-state index contributed by atoms with van der Waals surface area (Å²) in [6, 6.07) is 13.6. The van der Waals surface area contributed by atoms with Crippen molar-refractivity contribution in [1.29, 1.82) is 0 Å². The van der Waals surface area contributed by atoms with E-state index in [1.807, 2.05) is 37.3 Å². The molecule has 2 aromatic rings. The first-order valence-electron chi connectivity index (χ1n) is 6.59. The molecule has 0 heterocycles. The van der Waals surface area contributed by atoms with E-state index in [-0.39, 0.29) is 10.9 Å². The van der Waals surface area contributed by atoms with Gasteiger partial charge in [0.25, 0.3) is 5.69 Å². The fourth-order valence-electron chi connectivity index (χ4n) is 2.13. The van der Waals surface area contributed by atoms with Crippen molar-refractivity contribution in [3.63, 3.8) is 0 Å². The second-order valence-corrected chi connectivity index (χ2v) is 6.97. The number of sulfone groups is 1. The number of nitrogens with zero attached hydrogens (tertiary/aromatic N) is 1. The van der Waals surface area contributed by atoms with Gasteiger partial charge in [-0.2, -0.15) is 0 Å². The van der Waals surface area contributed by atoms with Crippen molar-refractivity contribution in [2.45, 2.75) is 17.9 Å². The lowest BCUT2D eigenvalue weighted by atomic mass is 10.1. The van der Waals surface area contributed by atoms with Gasteiger partial charge < -0.3 is 5.32 Å². The highest BCUT2D eigenvalue weighted by molar-refractivity contribution is 7.90. The summed E-state index contributed by atoms with van der Waals surface area (Å²) in [5.74, 6) is 0. The van der Waals surface area contributed by atoms with Crippen LogP contribution in [0.25, 0.3) is 0 Å². The molecule has 0 aliphatic heterocycles. The predicted octanol–water partition coefficient (Wildman–Crippen LogP) is 3.17. The van der Waals surface area contributed by atoms with Crippen LogP contribution in [0.2, 0.25) is 0 Å². The van der Waals surface area contributed by atoms with Crippen LogP contribution in [0.1, 0.15) is 18.5 Å². The van der Waals surface area contributed by atoms with E-state index in [9.17, 15) is 18.5 Å². The molecule has 116 valence electrons. The number of hydrogen-bond donors (Lipinski definition) is 1. The van der Waals surface area contributed by atoms with E-state index in [0.717, 1.165) is 11.8 Å². The third kappa shape index (κ3) is 3.62. The van der Waals surface area contributed by atoms with Crippen molar-refractivity contribution in [3.8, 4) is 0 Å². The van der Waals surface area contributed by atoms with Gasteiger partial charge in [0.15, 0.2) is 9.84 Å². The quantitative estimate of drug-likeness (QED) is 0.675. The topological polar surface area (TPSA) is 89.3 Å². The molecule has 0 saturated heterocycles. The molecule has 2 aromatic carbocycles. The van der Waals surface area contributed by atoms with Crippen LogP contribution in [-0.2, 0) is 9.84 Å². The van der Waals surface area contributed by atoms with Crippen molar-refractivity contribution in [3.05, 3.63) is 64.2 Å². The predicted molar refractivity (Wildman–Crippen MR) is 84.7 cm³/mol. The lowest BCUT2D eigenvalue weighted by molar-refractivity contribution is -0.387. The van der Waals surface area contributed by atoms with Crippen LogP contribution >= 0.6 is 0 Å². The third-order valence-electron chi connectivity index (χ3n) is 3.24. The number of nitrogens with one attached hydrogen (secondary N) is 1. The van der Waals surface area contributed by atoms with Gasteiger partial charge >= 0.3 is 0 Å². The van der Waals surface area contributed by atoms with Crippen molar-refractivity contribution in [1.82, 2.24) is 0 Å². The maximum absolute atomic E-state index is 11.7. The van der Waals surface area contributed by atoms with Gasteiger partial charge in [-0.15, -0.1) is 0 Å². The minimum Gasteiger partial charge on any atom is -0.378 e. The molecule has 1 N–H and O–H groups in total. The van der Waals surface area contributed by atoms with Gasteiger partial charge in [-0.05, 0) is 24.6 Å². The van der Waals surface area contributed by atoms with E-state index in [2.05, 4.69) is 5.32 Å². The smallest absolute Gasteiger partial charge is 0.288 e. The van der Waals surface area contributed by atoms with Gasteiger partial charge in [-0.25, -0.2) is 8.42 Å². The number of hydrogen-bond acceptors (Lipinski definition) is 5. The first-order valence-corrected chi connectivity index (χ1v) is 8.48. The molecule has 0 aliphatic carbocycles. The van der Waals surface area contributed by atoms with Crippen LogP contribution in [-0.4, -0.2) is 19.6 Å². The van der Waals surface area contributed by atoms with Crippen molar-refractivity contribution in [2.24, 2.45) is 0 Å². The fraction of sp³-hybridized carbons (Fsp3) is 0.200. The molecule has 6 nitrogen and oxygen atoms in total. The Labute approximate surface area is 128 Å². The van der Waals surface area contributed by atoms with E-state index in [1.54, 1.807) is 0 Å². The first-order chi connectivity index (χ1) is 10.3. The summed E-state index contributed by atoms with van der Waals surface area (Å²) in [4.78, 5) is 9.96. The number of nitro groups is 1. The maximum atomic E-state index is 11.7. The zero-order valence-electron chi connectivity index (χ0n) is 12.2. The summed E-state index contributed by atoms with van der Waals surface area (Å²) in [7, 11) is -3.68. The van der Waals surface area contributed by atoms with E-state index < -0.39 is 20.4 Å². The third-order valence-corrected chi connectivity index (χ3v) is 4.36. The van der Waals surface area contributed by atoms with Gasteiger partial charge in [0.05, 0.1) is 4.92 Å². The summed E-state index contributed by atoms with van der Waals surface area (Å²) in [5.41, 5.74) is 1.13. The average molecular weight is 320 g/mol. The Bertz CT molecular complexity index is 788. The minimum atomic E-state index is -3.68. The molecule has 22 heavy (non-hydrogen) atoms. The Balaban J connectivity index is 2.36. The van der Waals surface area contributed by atoms with E-state index in [0.29, 0.717) is 5.69 Å². The molecular weight excluding hydrogens is 304 g/mol. The van der Waals surface area contributed by atoms with Crippen LogP contribution in [0, 0.1) is 10.1 Å². The maximum Gasteiger partial charge on any atom is 0.288 e. The highest BCUT2D eigenvalue weighted by Crippen LogP contribution is 2.28. The molecule has 0 bridgehead atoms. The molecule has 2 rings (SSSR count).